The molecule has 0 saturated carbocycles. The first-order valence-corrected chi connectivity index (χ1v) is 5.82. The highest BCUT2D eigenvalue weighted by atomic mass is 35.5. The number of hydrogen-bond acceptors (Lipinski definition) is 4. The molecule has 1 aromatic carbocycles. The van der Waals surface area contributed by atoms with Crippen molar-refractivity contribution in [3.05, 3.63) is 23.2 Å². The van der Waals surface area contributed by atoms with Crippen molar-refractivity contribution in [2.75, 3.05) is 11.9 Å². The van der Waals surface area contributed by atoms with Crippen LogP contribution in [0, 0.1) is 0 Å². The van der Waals surface area contributed by atoms with Crippen LogP contribution >= 0.6 is 11.6 Å². The summed E-state index contributed by atoms with van der Waals surface area (Å²) in [5.74, 6) is -0.909. The molecule has 0 radical (unpaired) electrons. The average molecular weight is 270 g/mol. The molecular weight excluding hydrogens is 258 g/mol. The second-order valence-corrected chi connectivity index (χ2v) is 4.39. The number of hydrogen-bond donors (Lipinski definition) is 1. The van der Waals surface area contributed by atoms with E-state index in [1.807, 2.05) is 0 Å². The molecule has 1 aliphatic rings. The van der Waals surface area contributed by atoms with Crippen LogP contribution in [0.3, 0.4) is 0 Å². The average Bonchev–Trinajstić information content (AvgIpc) is 2.31. The summed E-state index contributed by atoms with van der Waals surface area (Å²) >= 11 is 5.81. The minimum absolute atomic E-state index is 0.179. The second-order valence-electron chi connectivity index (χ2n) is 3.95. The maximum atomic E-state index is 11.9. The minimum atomic E-state index is -1.67. The molecule has 2 rings (SSSR count). The Morgan fingerprint density at radius 3 is 2.94 bits per heavy atom. The van der Waals surface area contributed by atoms with Crippen molar-refractivity contribution in [2.45, 2.75) is 19.4 Å². The molecule has 0 unspecified atom stereocenters. The molecule has 96 valence electrons. The summed E-state index contributed by atoms with van der Waals surface area (Å²) in [6.45, 7) is 3.21. The van der Waals surface area contributed by atoms with Crippen LogP contribution < -0.4 is 10.1 Å². The van der Waals surface area contributed by atoms with Crippen LogP contribution in [0.1, 0.15) is 13.8 Å². The van der Waals surface area contributed by atoms with E-state index >= 15 is 0 Å². The van der Waals surface area contributed by atoms with Crippen LogP contribution in [-0.2, 0) is 14.3 Å². The van der Waals surface area contributed by atoms with Crippen LogP contribution in [0.25, 0.3) is 0 Å². The highest BCUT2D eigenvalue weighted by Crippen LogP contribution is 2.35. The number of ether oxygens (including phenoxy) is 2. The number of fused-ring (bicyclic) bond motifs is 1. The molecule has 0 bridgehead atoms. The van der Waals surface area contributed by atoms with Gasteiger partial charge in [0, 0.05) is 5.02 Å². The van der Waals surface area contributed by atoms with E-state index in [-0.39, 0.29) is 6.61 Å². The molecular formula is C12H12ClNO4. The molecule has 0 aromatic heterocycles. The zero-order valence-corrected chi connectivity index (χ0v) is 10.7. The normalized spacial score (nSPS) is 21.6. The topological polar surface area (TPSA) is 64.6 Å². The largest absolute Gasteiger partial charge is 0.464 e. The molecule has 5 nitrogen and oxygen atoms in total. The van der Waals surface area contributed by atoms with E-state index in [1.165, 1.54) is 6.92 Å². The smallest absolute Gasteiger partial charge is 0.360 e. The lowest BCUT2D eigenvalue weighted by Crippen LogP contribution is -2.55. The van der Waals surface area contributed by atoms with Gasteiger partial charge in [-0.15, -0.1) is 0 Å². The number of carbonyl (C=O) groups is 2. The maximum Gasteiger partial charge on any atom is 0.360 e. The van der Waals surface area contributed by atoms with Crippen molar-refractivity contribution in [2.24, 2.45) is 0 Å². The van der Waals surface area contributed by atoms with Gasteiger partial charge < -0.3 is 14.8 Å². The van der Waals surface area contributed by atoms with Crippen LogP contribution in [0.2, 0.25) is 5.02 Å². The molecule has 1 aliphatic heterocycles. The fraction of sp³-hybridized carbons (Fsp3) is 0.333. The van der Waals surface area contributed by atoms with Gasteiger partial charge in [-0.3, -0.25) is 4.79 Å². The first-order chi connectivity index (χ1) is 8.47. The summed E-state index contributed by atoms with van der Waals surface area (Å²) in [5, 5.41) is 3.05. The van der Waals surface area contributed by atoms with Gasteiger partial charge in [-0.05, 0) is 32.0 Å². The van der Waals surface area contributed by atoms with Crippen molar-refractivity contribution < 1.29 is 19.1 Å². The molecule has 1 atom stereocenters. The number of carbonyl (C=O) groups excluding carboxylic acids is 2. The molecule has 6 heteroatoms. The van der Waals surface area contributed by atoms with Gasteiger partial charge in [0.1, 0.15) is 5.75 Å². The van der Waals surface area contributed by atoms with E-state index in [9.17, 15) is 9.59 Å². The summed E-state index contributed by atoms with van der Waals surface area (Å²) in [5.41, 5.74) is -1.23. The van der Waals surface area contributed by atoms with Gasteiger partial charge in [0.25, 0.3) is 11.5 Å². The van der Waals surface area contributed by atoms with Gasteiger partial charge in [-0.1, -0.05) is 11.6 Å². The number of benzene rings is 1. The Labute approximate surface area is 109 Å². The minimum Gasteiger partial charge on any atom is -0.464 e. The Kier molecular flexibility index (Phi) is 3.17. The zero-order valence-electron chi connectivity index (χ0n) is 9.95. The van der Waals surface area contributed by atoms with Crippen molar-refractivity contribution in [1.29, 1.82) is 0 Å². The Bertz CT molecular complexity index is 517. The SMILES string of the molecule is CCOC(=O)[C@]1(C)Oc2ccc(Cl)cc2NC1=O. The number of halogens is 1. The molecule has 1 N–H and O–H groups in total. The summed E-state index contributed by atoms with van der Waals surface area (Å²) in [6.07, 6.45) is 0. The molecule has 0 fully saturated rings. The van der Waals surface area contributed by atoms with Gasteiger partial charge in [0.05, 0.1) is 12.3 Å². The van der Waals surface area contributed by atoms with Gasteiger partial charge >= 0.3 is 5.97 Å². The number of rotatable bonds is 2. The van der Waals surface area contributed by atoms with E-state index in [0.717, 1.165) is 0 Å². The van der Waals surface area contributed by atoms with Crippen LogP contribution in [0.5, 0.6) is 5.75 Å². The van der Waals surface area contributed by atoms with E-state index in [2.05, 4.69) is 5.32 Å². The monoisotopic (exact) mass is 269 g/mol. The van der Waals surface area contributed by atoms with E-state index in [0.29, 0.717) is 16.5 Å². The lowest BCUT2D eigenvalue weighted by atomic mass is 10.0. The van der Waals surface area contributed by atoms with Crippen molar-refractivity contribution >= 4 is 29.2 Å². The number of anilines is 1. The highest BCUT2D eigenvalue weighted by Gasteiger charge is 2.48. The van der Waals surface area contributed by atoms with Crippen molar-refractivity contribution in [3.63, 3.8) is 0 Å². The first kappa shape index (κ1) is 12.7. The van der Waals surface area contributed by atoms with Crippen LogP contribution in [0.4, 0.5) is 5.69 Å². The first-order valence-electron chi connectivity index (χ1n) is 5.44. The highest BCUT2D eigenvalue weighted by molar-refractivity contribution is 6.31. The van der Waals surface area contributed by atoms with E-state index in [4.69, 9.17) is 21.1 Å². The fourth-order valence-corrected chi connectivity index (χ4v) is 1.77. The maximum absolute atomic E-state index is 11.9. The zero-order chi connectivity index (χ0) is 13.3. The summed E-state index contributed by atoms with van der Waals surface area (Å²) in [6, 6.07) is 4.76. The summed E-state index contributed by atoms with van der Waals surface area (Å²) in [4.78, 5) is 23.7. The Morgan fingerprint density at radius 2 is 2.28 bits per heavy atom. The summed E-state index contributed by atoms with van der Waals surface area (Å²) < 4.78 is 10.3. The third-order valence-corrected chi connectivity index (χ3v) is 2.84. The number of nitrogens with one attached hydrogen (secondary N) is 1. The fourth-order valence-electron chi connectivity index (χ4n) is 1.60. The molecule has 18 heavy (non-hydrogen) atoms. The van der Waals surface area contributed by atoms with Gasteiger partial charge in [-0.2, -0.15) is 0 Å². The Morgan fingerprint density at radius 1 is 1.56 bits per heavy atom. The van der Waals surface area contributed by atoms with Gasteiger partial charge in [-0.25, -0.2) is 4.79 Å². The Balaban J connectivity index is 2.36. The second kappa shape index (κ2) is 4.49. The Hall–Kier alpha value is -1.75. The standard InChI is InChI=1S/C12H12ClNO4/c1-3-17-11(16)12(2)10(15)14-8-6-7(13)4-5-9(8)18-12/h4-6H,3H2,1-2H3,(H,14,15)/t12-/m1/s1. The van der Waals surface area contributed by atoms with Gasteiger partial charge in [0.15, 0.2) is 0 Å². The predicted molar refractivity (Wildman–Crippen MR) is 65.7 cm³/mol. The molecule has 1 aromatic rings. The molecule has 0 aliphatic carbocycles. The number of esters is 1. The lowest BCUT2D eigenvalue weighted by Gasteiger charge is -2.32. The lowest BCUT2D eigenvalue weighted by molar-refractivity contribution is -0.165. The van der Waals surface area contributed by atoms with Crippen LogP contribution in [-0.4, -0.2) is 24.1 Å². The molecule has 1 amide bonds. The van der Waals surface area contributed by atoms with Crippen molar-refractivity contribution in [1.82, 2.24) is 0 Å². The third-order valence-electron chi connectivity index (χ3n) is 2.60. The predicted octanol–water partition coefficient (Wildman–Crippen LogP) is 1.99. The molecule has 0 saturated heterocycles. The number of amides is 1. The molecule has 0 spiro atoms. The summed E-state index contributed by atoms with van der Waals surface area (Å²) in [7, 11) is 0. The third kappa shape index (κ3) is 2.01. The van der Waals surface area contributed by atoms with Crippen molar-refractivity contribution in [3.8, 4) is 5.75 Å². The van der Waals surface area contributed by atoms with Gasteiger partial charge in [0.2, 0.25) is 0 Å². The van der Waals surface area contributed by atoms with Crippen LogP contribution in [0.15, 0.2) is 18.2 Å². The molecule has 1 heterocycles. The van der Waals surface area contributed by atoms with E-state index in [1.54, 1.807) is 25.1 Å². The van der Waals surface area contributed by atoms with E-state index < -0.39 is 17.5 Å². The quantitative estimate of drug-likeness (QED) is 0.659.